The lowest BCUT2D eigenvalue weighted by atomic mass is 9.84. The molecule has 1 unspecified atom stereocenters. The molecule has 0 saturated carbocycles. The molecule has 0 bridgehead atoms. The van der Waals surface area contributed by atoms with Gasteiger partial charge in [0.25, 0.3) is 0 Å². The zero-order valence-electron chi connectivity index (χ0n) is 18.0. The monoisotopic (exact) mass is 374 g/mol. The van der Waals surface area contributed by atoms with Crippen LogP contribution in [0.3, 0.4) is 0 Å². The number of carbonyl (C=O) groups excluding carboxylic acids is 1. The molecule has 0 rings (SSSR count). The lowest BCUT2D eigenvalue weighted by Crippen LogP contribution is -2.14. The van der Waals surface area contributed by atoms with E-state index in [9.17, 15) is 4.79 Å². The molecule has 0 spiro atoms. The van der Waals surface area contributed by atoms with Gasteiger partial charge in [-0.2, -0.15) is 0 Å². The Morgan fingerprint density at radius 1 is 0.846 bits per heavy atom. The van der Waals surface area contributed by atoms with Crippen molar-refractivity contribution in [1.82, 2.24) is 0 Å². The molecule has 156 valence electrons. The summed E-state index contributed by atoms with van der Waals surface area (Å²) >= 11 is 0. The van der Waals surface area contributed by atoms with Crippen molar-refractivity contribution in [3.8, 4) is 0 Å². The minimum absolute atomic E-state index is 0.130. The van der Waals surface area contributed by atoms with Crippen LogP contribution in [0.15, 0.2) is 0 Å². The Morgan fingerprint density at radius 2 is 1.42 bits per heavy atom. The minimum Gasteiger partial charge on any atom is -0.466 e. The molecule has 26 heavy (non-hydrogen) atoms. The number of hydrogen-bond acceptors (Lipinski definition) is 5. The quantitative estimate of drug-likeness (QED) is 0.294. The Hall–Kier alpha value is -0.650. The van der Waals surface area contributed by atoms with E-state index in [-0.39, 0.29) is 5.97 Å². The standard InChI is InChI=1S/C21H42O5/c1-18(2)17-25-15-14-24-13-12-23-10-7-8-20(22)26-11-9-19(3)16-21(4,5)6/h18-19H,7-17H2,1-6H3. The first-order valence-corrected chi connectivity index (χ1v) is 10.1. The second kappa shape index (κ2) is 15.4. The summed E-state index contributed by atoms with van der Waals surface area (Å²) in [7, 11) is 0. The summed E-state index contributed by atoms with van der Waals surface area (Å²) in [6.07, 6.45) is 3.17. The van der Waals surface area contributed by atoms with Gasteiger partial charge in [0, 0.05) is 19.6 Å². The molecule has 0 saturated heterocycles. The number of hydrogen-bond donors (Lipinski definition) is 0. The highest BCUT2D eigenvalue weighted by atomic mass is 16.5. The summed E-state index contributed by atoms with van der Waals surface area (Å²) in [4.78, 5) is 11.7. The van der Waals surface area contributed by atoms with Gasteiger partial charge < -0.3 is 18.9 Å². The Kier molecular flexibility index (Phi) is 15.0. The second-order valence-corrected chi connectivity index (χ2v) is 8.68. The van der Waals surface area contributed by atoms with Gasteiger partial charge in [0.05, 0.1) is 33.0 Å². The second-order valence-electron chi connectivity index (χ2n) is 8.68. The van der Waals surface area contributed by atoms with Crippen molar-refractivity contribution in [3.05, 3.63) is 0 Å². The van der Waals surface area contributed by atoms with Crippen LogP contribution in [0.5, 0.6) is 0 Å². The Morgan fingerprint density at radius 3 is 2.00 bits per heavy atom. The average Bonchev–Trinajstić information content (AvgIpc) is 2.50. The molecule has 0 fully saturated rings. The first kappa shape index (κ1) is 25.4. The highest BCUT2D eigenvalue weighted by molar-refractivity contribution is 5.69. The van der Waals surface area contributed by atoms with Gasteiger partial charge in [0.15, 0.2) is 0 Å². The van der Waals surface area contributed by atoms with E-state index in [0.29, 0.717) is 69.7 Å². The van der Waals surface area contributed by atoms with Gasteiger partial charge in [-0.25, -0.2) is 0 Å². The van der Waals surface area contributed by atoms with Crippen molar-refractivity contribution in [2.75, 3.05) is 46.2 Å². The SMILES string of the molecule is CC(C)COCCOCCOCCCC(=O)OCCC(C)CC(C)(C)C. The van der Waals surface area contributed by atoms with Gasteiger partial charge in [-0.3, -0.25) is 4.79 Å². The predicted octanol–water partition coefficient (Wildman–Crippen LogP) is 4.48. The minimum atomic E-state index is -0.130. The van der Waals surface area contributed by atoms with E-state index in [2.05, 4.69) is 41.5 Å². The molecule has 5 heteroatoms. The van der Waals surface area contributed by atoms with Crippen molar-refractivity contribution in [2.45, 2.75) is 67.2 Å². The Balaban J connectivity index is 3.34. The van der Waals surface area contributed by atoms with Crippen molar-refractivity contribution in [3.63, 3.8) is 0 Å². The zero-order valence-corrected chi connectivity index (χ0v) is 18.0. The van der Waals surface area contributed by atoms with Crippen LogP contribution in [0.25, 0.3) is 0 Å². The summed E-state index contributed by atoms with van der Waals surface area (Å²) < 4.78 is 21.6. The lowest BCUT2D eigenvalue weighted by Gasteiger charge is -2.22. The van der Waals surface area contributed by atoms with Gasteiger partial charge in [-0.05, 0) is 36.5 Å². The van der Waals surface area contributed by atoms with Crippen LogP contribution in [0.2, 0.25) is 0 Å². The third-order valence-corrected chi connectivity index (χ3v) is 3.70. The van der Waals surface area contributed by atoms with Crippen LogP contribution in [-0.4, -0.2) is 52.2 Å². The fraction of sp³-hybridized carbons (Fsp3) is 0.952. The molecule has 1 atom stereocenters. The van der Waals surface area contributed by atoms with Gasteiger partial charge >= 0.3 is 5.97 Å². The van der Waals surface area contributed by atoms with Crippen LogP contribution in [0.4, 0.5) is 0 Å². The topological polar surface area (TPSA) is 54.0 Å². The molecule has 0 aliphatic rings. The molecular weight excluding hydrogens is 332 g/mol. The fourth-order valence-corrected chi connectivity index (χ4v) is 2.67. The number of esters is 1. The molecule has 5 nitrogen and oxygen atoms in total. The van der Waals surface area contributed by atoms with Gasteiger partial charge in [-0.15, -0.1) is 0 Å². The maximum absolute atomic E-state index is 11.7. The third kappa shape index (κ3) is 19.7. The summed E-state index contributed by atoms with van der Waals surface area (Å²) in [5, 5.41) is 0. The maximum Gasteiger partial charge on any atom is 0.305 e. The van der Waals surface area contributed by atoms with Crippen LogP contribution in [-0.2, 0) is 23.7 Å². The molecule has 0 aromatic rings. The molecule has 0 amide bonds. The van der Waals surface area contributed by atoms with Crippen molar-refractivity contribution < 1.29 is 23.7 Å². The summed E-state index contributed by atoms with van der Waals surface area (Å²) in [5.74, 6) is 0.994. The molecular formula is C21H42O5. The van der Waals surface area contributed by atoms with Crippen molar-refractivity contribution >= 4 is 5.97 Å². The van der Waals surface area contributed by atoms with Gasteiger partial charge in [0.1, 0.15) is 0 Å². The van der Waals surface area contributed by atoms with Crippen LogP contribution in [0, 0.1) is 17.3 Å². The highest BCUT2D eigenvalue weighted by Crippen LogP contribution is 2.25. The van der Waals surface area contributed by atoms with E-state index in [1.165, 1.54) is 0 Å². The third-order valence-electron chi connectivity index (χ3n) is 3.70. The number of carbonyl (C=O) groups is 1. The maximum atomic E-state index is 11.7. The molecule has 0 N–H and O–H groups in total. The fourth-order valence-electron chi connectivity index (χ4n) is 2.67. The van der Waals surface area contributed by atoms with Crippen molar-refractivity contribution in [1.29, 1.82) is 0 Å². The number of ether oxygens (including phenoxy) is 4. The van der Waals surface area contributed by atoms with Gasteiger partial charge in [-0.1, -0.05) is 41.5 Å². The molecule has 0 heterocycles. The van der Waals surface area contributed by atoms with E-state index in [0.717, 1.165) is 19.4 Å². The van der Waals surface area contributed by atoms with E-state index < -0.39 is 0 Å². The zero-order chi connectivity index (χ0) is 19.8. The predicted molar refractivity (Wildman–Crippen MR) is 105 cm³/mol. The average molecular weight is 375 g/mol. The molecule has 0 radical (unpaired) electrons. The summed E-state index contributed by atoms with van der Waals surface area (Å²) in [5.41, 5.74) is 0.325. The highest BCUT2D eigenvalue weighted by Gasteiger charge is 2.15. The van der Waals surface area contributed by atoms with E-state index in [1.54, 1.807) is 0 Å². The van der Waals surface area contributed by atoms with Crippen molar-refractivity contribution in [2.24, 2.45) is 17.3 Å². The Bertz CT molecular complexity index is 336. The van der Waals surface area contributed by atoms with Gasteiger partial charge in [0.2, 0.25) is 0 Å². The smallest absolute Gasteiger partial charge is 0.305 e. The van der Waals surface area contributed by atoms with Crippen LogP contribution >= 0.6 is 0 Å². The number of rotatable bonds is 16. The first-order valence-electron chi connectivity index (χ1n) is 10.1. The summed E-state index contributed by atoms with van der Waals surface area (Å²) in [6.45, 7) is 17.3. The van der Waals surface area contributed by atoms with Crippen LogP contribution < -0.4 is 0 Å². The van der Waals surface area contributed by atoms with E-state index in [4.69, 9.17) is 18.9 Å². The van der Waals surface area contributed by atoms with E-state index in [1.807, 2.05) is 0 Å². The molecule has 0 aliphatic carbocycles. The first-order chi connectivity index (χ1) is 12.2. The largest absolute Gasteiger partial charge is 0.466 e. The molecule has 0 aromatic carbocycles. The Labute approximate surface area is 161 Å². The lowest BCUT2D eigenvalue weighted by molar-refractivity contribution is -0.144. The normalized spacial score (nSPS) is 13.2. The van der Waals surface area contributed by atoms with E-state index >= 15 is 0 Å². The summed E-state index contributed by atoms with van der Waals surface area (Å²) in [6, 6.07) is 0. The molecule has 0 aromatic heterocycles. The molecule has 0 aliphatic heterocycles. The van der Waals surface area contributed by atoms with Crippen LogP contribution in [0.1, 0.15) is 67.2 Å².